The van der Waals surface area contributed by atoms with Crippen molar-refractivity contribution in [1.29, 1.82) is 0 Å². The topological polar surface area (TPSA) is 70.3 Å². The molecule has 8 rings (SSSR count). The second kappa shape index (κ2) is 10.8. The van der Waals surface area contributed by atoms with Gasteiger partial charge in [-0.3, -0.25) is 0 Å². The lowest BCUT2D eigenvalue weighted by Gasteiger charge is -2.32. The fraction of sp³-hybridized carbons (Fsp3) is 0.154. The van der Waals surface area contributed by atoms with Gasteiger partial charge in [-0.2, -0.15) is 0 Å². The van der Waals surface area contributed by atoms with Gasteiger partial charge in [0.15, 0.2) is 17.5 Å². The average Bonchev–Trinajstić information content (AvgIpc) is 3.57. The molecule has 0 N–H and O–H groups in total. The molecule has 46 heavy (non-hydrogen) atoms. The minimum absolute atomic E-state index is 0.482. The van der Waals surface area contributed by atoms with E-state index in [0.29, 0.717) is 17.5 Å². The maximum absolute atomic E-state index is 6.52. The molecule has 1 aliphatic rings. The number of benzene rings is 5. The number of aromatic nitrogens is 3. The van der Waals surface area contributed by atoms with Crippen molar-refractivity contribution >= 4 is 34.5 Å². The van der Waals surface area contributed by atoms with E-state index in [1.165, 1.54) is 0 Å². The number of nitrogens with zero attached hydrogens (tertiary/aromatic N) is 3. The highest BCUT2D eigenvalue weighted by Gasteiger charge is 2.52. The first-order valence-electron chi connectivity index (χ1n) is 15.5. The minimum Gasteiger partial charge on any atom is -0.456 e. The van der Waals surface area contributed by atoms with Gasteiger partial charge in [-0.15, -0.1) is 0 Å². The maximum atomic E-state index is 6.52. The lowest BCUT2D eigenvalue weighted by Crippen LogP contribution is -2.41. The predicted molar refractivity (Wildman–Crippen MR) is 185 cm³/mol. The van der Waals surface area contributed by atoms with E-state index in [2.05, 4.69) is 58.0 Å². The molecule has 1 aliphatic heterocycles. The number of hydrogen-bond donors (Lipinski definition) is 0. The van der Waals surface area contributed by atoms with E-state index in [9.17, 15) is 0 Å². The van der Waals surface area contributed by atoms with Gasteiger partial charge in [-0.25, -0.2) is 15.0 Å². The van der Waals surface area contributed by atoms with Crippen molar-refractivity contribution in [3.8, 4) is 45.3 Å². The zero-order chi connectivity index (χ0) is 31.5. The molecule has 224 valence electrons. The molecule has 0 radical (unpaired) electrons. The summed E-state index contributed by atoms with van der Waals surface area (Å²) in [5, 5.41) is 1.85. The van der Waals surface area contributed by atoms with Crippen LogP contribution >= 0.6 is 0 Å². The molecule has 7 aromatic rings. The number of fused-ring (bicyclic) bond motifs is 3. The minimum atomic E-state index is -0.558. The Morgan fingerprint density at radius 1 is 0.478 bits per heavy atom. The van der Waals surface area contributed by atoms with Crippen LogP contribution in [0.2, 0.25) is 0 Å². The van der Waals surface area contributed by atoms with E-state index in [-0.39, 0.29) is 0 Å². The van der Waals surface area contributed by atoms with Gasteiger partial charge >= 0.3 is 7.12 Å². The van der Waals surface area contributed by atoms with Crippen molar-refractivity contribution in [2.75, 3.05) is 0 Å². The van der Waals surface area contributed by atoms with Crippen LogP contribution in [-0.4, -0.2) is 33.3 Å². The van der Waals surface area contributed by atoms with Gasteiger partial charge in [0.1, 0.15) is 11.2 Å². The van der Waals surface area contributed by atoms with Crippen molar-refractivity contribution in [3.63, 3.8) is 0 Å². The van der Waals surface area contributed by atoms with Gasteiger partial charge in [-0.1, -0.05) is 103 Å². The summed E-state index contributed by atoms with van der Waals surface area (Å²) in [5.41, 5.74) is 6.33. The van der Waals surface area contributed by atoms with Crippen LogP contribution in [0.5, 0.6) is 0 Å². The molecule has 0 bridgehead atoms. The Hall–Kier alpha value is -5.11. The van der Waals surface area contributed by atoms with Crippen LogP contribution in [0.1, 0.15) is 27.7 Å². The molecule has 1 saturated heterocycles. The summed E-state index contributed by atoms with van der Waals surface area (Å²) in [6.45, 7) is 8.26. The molecule has 0 saturated carbocycles. The first kappa shape index (κ1) is 28.4. The summed E-state index contributed by atoms with van der Waals surface area (Å²) in [7, 11) is -0.558. The molecule has 6 nitrogen and oxygen atoms in total. The van der Waals surface area contributed by atoms with Gasteiger partial charge < -0.3 is 13.7 Å². The van der Waals surface area contributed by atoms with Gasteiger partial charge in [0.05, 0.1) is 11.2 Å². The van der Waals surface area contributed by atoms with Crippen LogP contribution < -0.4 is 5.46 Å². The van der Waals surface area contributed by atoms with Crippen LogP contribution in [0, 0.1) is 0 Å². The van der Waals surface area contributed by atoms with Crippen LogP contribution in [0.4, 0.5) is 0 Å². The highest BCUT2D eigenvalue weighted by Crippen LogP contribution is 2.40. The highest BCUT2D eigenvalue weighted by atomic mass is 16.7. The Morgan fingerprint density at radius 2 is 1.00 bits per heavy atom. The lowest BCUT2D eigenvalue weighted by molar-refractivity contribution is 0.00578. The third kappa shape index (κ3) is 4.80. The van der Waals surface area contributed by atoms with E-state index in [0.717, 1.165) is 55.2 Å². The third-order valence-corrected chi connectivity index (χ3v) is 9.20. The summed E-state index contributed by atoms with van der Waals surface area (Å²) in [6, 6.07) is 40.7. The quantitative estimate of drug-likeness (QED) is 0.184. The van der Waals surface area contributed by atoms with Crippen LogP contribution in [0.25, 0.3) is 67.2 Å². The molecular formula is C39H32BN3O3. The van der Waals surface area contributed by atoms with Gasteiger partial charge in [-0.05, 0) is 62.5 Å². The standard InChI is InChI=1S/C39H32BN3O3/c1-38(2)39(3,4)46-40(45-38)30-21-13-23-32-34(30)33-29(20-12-22-31(33)44-32)37-42-35(26-16-9-6-10-17-26)41-36(43-37)28-19-11-18-27(24-28)25-14-7-5-8-15-25/h5-24H,1-4H3. The smallest absolute Gasteiger partial charge is 0.456 e. The van der Waals surface area contributed by atoms with Crippen LogP contribution in [0.15, 0.2) is 126 Å². The summed E-state index contributed by atoms with van der Waals surface area (Å²) in [4.78, 5) is 15.2. The molecule has 7 heteroatoms. The molecule has 1 fully saturated rings. The molecule has 0 unspecified atom stereocenters. The summed E-state index contributed by atoms with van der Waals surface area (Å²) in [5.74, 6) is 1.75. The number of hydrogen-bond acceptors (Lipinski definition) is 6. The normalized spacial score (nSPS) is 15.5. The van der Waals surface area contributed by atoms with Gasteiger partial charge in [0.25, 0.3) is 0 Å². The van der Waals surface area contributed by atoms with Crippen molar-refractivity contribution in [2.45, 2.75) is 38.9 Å². The summed E-state index contributed by atoms with van der Waals surface area (Å²) in [6.07, 6.45) is 0. The van der Waals surface area contributed by atoms with Crippen molar-refractivity contribution in [1.82, 2.24) is 15.0 Å². The zero-order valence-corrected chi connectivity index (χ0v) is 26.2. The molecule has 5 aromatic carbocycles. The second-order valence-corrected chi connectivity index (χ2v) is 12.7. The fourth-order valence-electron chi connectivity index (χ4n) is 6.06. The van der Waals surface area contributed by atoms with Gasteiger partial charge in [0, 0.05) is 27.5 Å². The fourth-order valence-corrected chi connectivity index (χ4v) is 6.06. The second-order valence-electron chi connectivity index (χ2n) is 12.7. The molecule has 0 atom stereocenters. The molecule has 0 aliphatic carbocycles. The van der Waals surface area contributed by atoms with E-state index in [1.807, 2.05) is 91.0 Å². The first-order valence-corrected chi connectivity index (χ1v) is 15.5. The monoisotopic (exact) mass is 601 g/mol. The maximum Gasteiger partial charge on any atom is 0.495 e. The molecule has 2 aromatic heterocycles. The third-order valence-electron chi connectivity index (χ3n) is 9.20. The molecule has 0 amide bonds. The highest BCUT2D eigenvalue weighted by molar-refractivity contribution is 6.66. The summed E-state index contributed by atoms with van der Waals surface area (Å²) < 4.78 is 19.5. The van der Waals surface area contributed by atoms with Gasteiger partial charge in [0.2, 0.25) is 0 Å². The van der Waals surface area contributed by atoms with E-state index >= 15 is 0 Å². The summed E-state index contributed by atoms with van der Waals surface area (Å²) >= 11 is 0. The molecule has 3 heterocycles. The first-order chi connectivity index (χ1) is 22.3. The Bertz CT molecular complexity index is 2210. The Kier molecular flexibility index (Phi) is 6.64. The number of furan rings is 1. The van der Waals surface area contributed by atoms with Crippen LogP contribution in [-0.2, 0) is 9.31 Å². The average molecular weight is 602 g/mol. The van der Waals surface area contributed by atoms with E-state index in [4.69, 9.17) is 28.7 Å². The lowest BCUT2D eigenvalue weighted by atomic mass is 9.76. The SMILES string of the molecule is CC1(C)OB(c2cccc3oc4cccc(-c5nc(-c6ccccc6)nc(-c6cccc(-c7ccccc7)c6)n5)c4c23)OC1(C)C. The van der Waals surface area contributed by atoms with Crippen molar-refractivity contribution < 1.29 is 13.7 Å². The molecule has 0 spiro atoms. The Balaban J connectivity index is 1.35. The Morgan fingerprint density at radius 3 is 1.70 bits per heavy atom. The number of rotatable bonds is 5. The predicted octanol–water partition coefficient (Wildman–Crippen LogP) is 8.74. The van der Waals surface area contributed by atoms with E-state index < -0.39 is 18.3 Å². The van der Waals surface area contributed by atoms with E-state index in [1.54, 1.807) is 0 Å². The molecular weight excluding hydrogens is 569 g/mol. The van der Waals surface area contributed by atoms with Crippen molar-refractivity contribution in [2.24, 2.45) is 0 Å². The van der Waals surface area contributed by atoms with Crippen molar-refractivity contribution in [3.05, 3.63) is 121 Å². The Labute approximate surface area is 268 Å². The zero-order valence-electron chi connectivity index (χ0n) is 26.2. The largest absolute Gasteiger partial charge is 0.495 e. The van der Waals surface area contributed by atoms with Crippen LogP contribution in [0.3, 0.4) is 0 Å².